The number of hydrogen-bond acceptors (Lipinski definition) is 5. The molecule has 2 aromatic heterocycles. The molecule has 1 saturated heterocycles. The van der Waals surface area contributed by atoms with Crippen molar-refractivity contribution in [2.45, 2.75) is 63.8 Å². The fourth-order valence-electron chi connectivity index (χ4n) is 7.30. The molecule has 6 nitrogen and oxygen atoms in total. The Morgan fingerprint density at radius 2 is 1.49 bits per heavy atom. The topological polar surface area (TPSA) is 58.9 Å². The summed E-state index contributed by atoms with van der Waals surface area (Å²) < 4.78 is 2.13. The maximum absolute atomic E-state index is 5.02. The molecule has 0 saturated carbocycles. The zero-order valence-corrected chi connectivity index (χ0v) is 23.5. The second kappa shape index (κ2) is 10.4. The third-order valence-electron chi connectivity index (χ3n) is 9.43. The summed E-state index contributed by atoms with van der Waals surface area (Å²) in [4.78, 5) is 7.75. The lowest BCUT2D eigenvalue weighted by molar-refractivity contribution is 0.222. The Kier molecular flexibility index (Phi) is 6.29. The number of rotatable bonds is 4. The molecule has 6 heteroatoms. The van der Waals surface area contributed by atoms with Gasteiger partial charge in [0, 0.05) is 17.3 Å². The van der Waals surface area contributed by atoms with Gasteiger partial charge in [-0.15, -0.1) is 10.2 Å². The fourth-order valence-corrected chi connectivity index (χ4v) is 7.30. The molecule has 41 heavy (non-hydrogen) atoms. The van der Waals surface area contributed by atoms with Crippen molar-refractivity contribution in [2.24, 2.45) is 0 Å². The van der Waals surface area contributed by atoms with Crippen LogP contribution in [0.4, 0.5) is 11.6 Å². The number of likely N-dealkylation sites (tertiary alicyclic amines) is 1. The van der Waals surface area contributed by atoms with Crippen LogP contribution in [-0.4, -0.2) is 43.8 Å². The van der Waals surface area contributed by atoms with Gasteiger partial charge < -0.3 is 10.2 Å². The minimum atomic E-state index is 0.726. The van der Waals surface area contributed by atoms with Crippen molar-refractivity contribution in [2.75, 3.05) is 18.4 Å². The van der Waals surface area contributed by atoms with E-state index >= 15 is 0 Å². The summed E-state index contributed by atoms with van der Waals surface area (Å²) in [6.07, 6.45) is 10.7. The molecule has 0 spiro atoms. The highest BCUT2D eigenvalue weighted by molar-refractivity contribution is 5.82. The molecule has 1 N–H and O–H groups in total. The first-order chi connectivity index (χ1) is 20.3. The van der Waals surface area contributed by atoms with Crippen LogP contribution in [0.3, 0.4) is 0 Å². The average Bonchev–Trinajstić information content (AvgIpc) is 3.56. The van der Waals surface area contributed by atoms with Crippen molar-refractivity contribution < 1.29 is 0 Å². The van der Waals surface area contributed by atoms with Gasteiger partial charge in [-0.25, -0.2) is 4.98 Å². The van der Waals surface area contributed by atoms with Crippen molar-refractivity contribution in [3.8, 4) is 17.1 Å². The van der Waals surface area contributed by atoms with E-state index in [1.54, 1.807) is 0 Å². The van der Waals surface area contributed by atoms with Crippen molar-refractivity contribution >= 4 is 22.7 Å². The molecule has 1 unspecified atom stereocenters. The third-order valence-corrected chi connectivity index (χ3v) is 9.43. The molecule has 1 fully saturated rings. The summed E-state index contributed by atoms with van der Waals surface area (Å²) in [6.45, 7) is 2.56. The van der Waals surface area contributed by atoms with Gasteiger partial charge in [0.25, 0.3) is 0 Å². The molecule has 0 amide bonds. The molecular weight excluding hydrogens is 504 g/mol. The summed E-state index contributed by atoms with van der Waals surface area (Å²) >= 11 is 0. The van der Waals surface area contributed by atoms with Crippen molar-refractivity contribution in [1.29, 1.82) is 0 Å². The van der Waals surface area contributed by atoms with Gasteiger partial charge in [0.1, 0.15) is 0 Å². The van der Waals surface area contributed by atoms with E-state index in [9.17, 15) is 0 Å². The van der Waals surface area contributed by atoms with Gasteiger partial charge in [-0.3, -0.25) is 4.57 Å². The third kappa shape index (κ3) is 4.60. The molecular formula is C35H36N6. The monoisotopic (exact) mass is 540 g/mol. The summed E-state index contributed by atoms with van der Waals surface area (Å²) in [5.74, 6) is 1.58. The lowest BCUT2D eigenvalue weighted by atomic mass is 10.0. The van der Waals surface area contributed by atoms with Crippen LogP contribution in [0.25, 0.3) is 28.1 Å². The molecule has 2 aliphatic carbocycles. The Balaban J connectivity index is 1.14. The van der Waals surface area contributed by atoms with Gasteiger partial charge in [-0.1, -0.05) is 42.5 Å². The highest BCUT2D eigenvalue weighted by Gasteiger charge is 2.25. The number of anilines is 2. The number of aryl methyl sites for hydroxylation is 4. The second-order valence-corrected chi connectivity index (χ2v) is 11.9. The number of nitrogens with zero attached hydrogens (tertiary/aromatic N) is 5. The van der Waals surface area contributed by atoms with Gasteiger partial charge >= 0.3 is 0 Å². The molecule has 1 atom stereocenters. The first-order valence-electron chi connectivity index (χ1n) is 15.4. The maximum Gasteiger partial charge on any atom is 0.214 e. The van der Waals surface area contributed by atoms with E-state index in [1.807, 2.05) is 6.07 Å². The van der Waals surface area contributed by atoms with Crippen LogP contribution in [0.5, 0.6) is 0 Å². The van der Waals surface area contributed by atoms with E-state index < -0.39 is 0 Å². The quantitative estimate of drug-likeness (QED) is 0.247. The fraction of sp³-hybridized carbons (Fsp3) is 0.343. The number of hydrogen-bond donors (Lipinski definition) is 1. The van der Waals surface area contributed by atoms with Crippen LogP contribution in [0.15, 0.2) is 72.8 Å². The zero-order chi connectivity index (χ0) is 27.2. The minimum Gasteiger partial charge on any atom is -0.325 e. The number of fused-ring (bicyclic) bond motifs is 5. The van der Waals surface area contributed by atoms with Gasteiger partial charge in [0.05, 0.1) is 16.7 Å². The Morgan fingerprint density at radius 3 is 2.41 bits per heavy atom. The van der Waals surface area contributed by atoms with Gasteiger partial charge in [-0.2, -0.15) is 0 Å². The second-order valence-electron chi connectivity index (χ2n) is 11.9. The van der Waals surface area contributed by atoms with Gasteiger partial charge in [0.2, 0.25) is 5.95 Å². The van der Waals surface area contributed by atoms with Crippen LogP contribution in [0.2, 0.25) is 0 Å². The molecule has 1 aliphatic heterocycles. The number of benzene rings is 3. The highest BCUT2D eigenvalue weighted by Crippen LogP contribution is 2.34. The molecule has 3 aromatic carbocycles. The van der Waals surface area contributed by atoms with Crippen LogP contribution in [0.1, 0.15) is 54.4 Å². The van der Waals surface area contributed by atoms with Crippen LogP contribution >= 0.6 is 0 Å². The first-order valence-corrected chi connectivity index (χ1v) is 15.4. The van der Waals surface area contributed by atoms with Crippen LogP contribution < -0.4 is 5.32 Å². The molecule has 8 rings (SSSR count). The van der Waals surface area contributed by atoms with Crippen LogP contribution in [-0.2, 0) is 25.7 Å². The average molecular weight is 541 g/mol. The number of aromatic nitrogens is 4. The van der Waals surface area contributed by atoms with Crippen molar-refractivity contribution in [3.05, 3.63) is 95.1 Å². The molecule has 206 valence electrons. The van der Waals surface area contributed by atoms with Gasteiger partial charge in [-0.05, 0) is 123 Å². The smallest absolute Gasteiger partial charge is 0.214 e. The standard InChI is InChI=1S/C35H36N6/c1-2-11-30-25(8-1)9-7-10-27-23-33(38-39-34(27)30)41-32-13-4-3-12-31(32)37-35(41)36-28-17-14-24-15-18-29(19-16-26(24)22-28)40-20-5-6-21-40/h1-4,8,11-14,17,22-23,29H,5-7,9-10,15-16,18-21H2,(H,36,37). The lowest BCUT2D eigenvalue weighted by Gasteiger charge is -2.25. The van der Waals surface area contributed by atoms with E-state index in [0.717, 1.165) is 65.9 Å². The molecule has 0 radical (unpaired) electrons. The van der Waals surface area contributed by atoms with Gasteiger partial charge in [0.15, 0.2) is 5.82 Å². The lowest BCUT2D eigenvalue weighted by Crippen LogP contribution is -2.32. The predicted octanol–water partition coefficient (Wildman–Crippen LogP) is 7.06. The Bertz CT molecular complexity index is 1730. The van der Waals surface area contributed by atoms with Crippen LogP contribution in [0, 0.1) is 0 Å². The normalized spacial score (nSPS) is 18.8. The predicted molar refractivity (Wildman–Crippen MR) is 165 cm³/mol. The number of para-hydroxylation sites is 2. The Hall–Kier alpha value is -4.03. The highest BCUT2D eigenvalue weighted by atomic mass is 15.3. The van der Waals surface area contributed by atoms with E-state index in [-0.39, 0.29) is 0 Å². The maximum atomic E-state index is 5.02. The van der Waals surface area contributed by atoms with E-state index in [4.69, 9.17) is 15.2 Å². The summed E-state index contributed by atoms with van der Waals surface area (Å²) in [5.41, 5.74) is 10.9. The van der Waals surface area contributed by atoms with Crippen molar-refractivity contribution in [1.82, 2.24) is 24.6 Å². The Labute approximate surface area is 241 Å². The van der Waals surface area contributed by atoms with E-state index in [0.29, 0.717) is 0 Å². The summed E-state index contributed by atoms with van der Waals surface area (Å²) in [5, 5.41) is 13.3. The Morgan fingerprint density at radius 1 is 0.683 bits per heavy atom. The largest absolute Gasteiger partial charge is 0.325 e. The summed E-state index contributed by atoms with van der Waals surface area (Å²) in [6, 6.07) is 26.8. The first kappa shape index (κ1) is 24.7. The van der Waals surface area contributed by atoms with E-state index in [1.165, 1.54) is 73.0 Å². The minimum absolute atomic E-state index is 0.726. The van der Waals surface area contributed by atoms with Crippen molar-refractivity contribution in [3.63, 3.8) is 0 Å². The SMILES string of the molecule is c1ccc2c(c1)CCCc1cc(-n3c(Nc4ccc5c(c4)CCC(N4CCCC4)CC5)nc4ccccc43)nnc1-2. The molecule has 3 heterocycles. The number of nitrogens with one attached hydrogen (secondary N) is 1. The van der Waals surface area contributed by atoms with E-state index in [2.05, 4.69) is 81.5 Å². The number of imidazole rings is 1. The molecule has 3 aliphatic rings. The molecule has 5 aromatic rings. The summed E-state index contributed by atoms with van der Waals surface area (Å²) in [7, 11) is 0. The zero-order valence-electron chi connectivity index (χ0n) is 23.5. The molecule has 0 bridgehead atoms.